The van der Waals surface area contributed by atoms with Gasteiger partial charge in [0.05, 0.1) is 16.1 Å². The van der Waals surface area contributed by atoms with E-state index in [1.54, 1.807) is 17.4 Å². The van der Waals surface area contributed by atoms with E-state index in [1.807, 2.05) is 12.1 Å². The molecule has 2 N–H and O–H groups in total. The molecular weight excluding hydrogens is 273 g/mol. The Hall–Kier alpha value is -0.540. The molecular formula is C13H13Cl2NS. The molecule has 0 saturated heterocycles. The number of thiophene rings is 1. The maximum atomic E-state index is 6.24. The number of hydrogen-bond acceptors (Lipinski definition) is 2. The minimum atomic E-state index is -0.210. The van der Waals surface area contributed by atoms with Crippen molar-refractivity contribution in [2.75, 3.05) is 0 Å². The minimum Gasteiger partial charge on any atom is -0.320 e. The van der Waals surface area contributed by atoms with E-state index in [9.17, 15) is 0 Å². The van der Waals surface area contributed by atoms with Crippen LogP contribution in [-0.2, 0) is 0 Å². The second-order valence-electron chi connectivity index (χ2n) is 4.01. The standard InChI is InChI=1S/C13H13Cl2NS/c1-7-6-11(17-8(7)2)13(16)9-4-3-5-10(14)12(9)15/h3-6,13H,16H2,1-2H3. The summed E-state index contributed by atoms with van der Waals surface area (Å²) >= 11 is 13.9. The first-order valence-corrected chi connectivity index (χ1v) is 6.84. The molecule has 1 aromatic heterocycles. The van der Waals surface area contributed by atoms with Gasteiger partial charge in [0.1, 0.15) is 0 Å². The molecule has 0 aliphatic heterocycles. The van der Waals surface area contributed by atoms with Crippen LogP contribution < -0.4 is 5.73 Å². The number of hydrogen-bond donors (Lipinski definition) is 1. The van der Waals surface area contributed by atoms with Crippen molar-refractivity contribution in [1.82, 2.24) is 0 Å². The van der Waals surface area contributed by atoms with E-state index < -0.39 is 0 Å². The lowest BCUT2D eigenvalue weighted by molar-refractivity contribution is 0.893. The number of aryl methyl sites for hydroxylation is 2. The highest BCUT2D eigenvalue weighted by atomic mass is 35.5. The quantitative estimate of drug-likeness (QED) is 0.849. The first-order chi connectivity index (χ1) is 8.00. The highest BCUT2D eigenvalue weighted by Gasteiger charge is 2.16. The van der Waals surface area contributed by atoms with Crippen LogP contribution in [0.1, 0.15) is 26.9 Å². The summed E-state index contributed by atoms with van der Waals surface area (Å²) in [5, 5.41) is 1.09. The SMILES string of the molecule is Cc1cc(C(N)c2cccc(Cl)c2Cl)sc1C. The monoisotopic (exact) mass is 285 g/mol. The molecule has 0 bridgehead atoms. The van der Waals surface area contributed by atoms with Crippen molar-refractivity contribution in [3.8, 4) is 0 Å². The molecule has 0 radical (unpaired) electrons. The van der Waals surface area contributed by atoms with Crippen LogP contribution >= 0.6 is 34.5 Å². The van der Waals surface area contributed by atoms with Gasteiger partial charge in [0.2, 0.25) is 0 Å². The summed E-state index contributed by atoms with van der Waals surface area (Å²) in [7, 11) is 0. The Kier molecular flexibility index (Phi) is 3.79. The topological polar surface area (TPSA) is 26.0 Å². The minimum absolute atomic E-state index is 0.210. The number of benzene rings is 1. The van der Waals surface area contributed by atoms with Gasteiger partial charge < -0.3 is 5.73 Å². The summed E-state index contributed by atoms with van der Waals surface area (Å²) in [4.78, 5) is 2.40. The lowest BCUT2D eigenvalue weighted by atomic mass is 10.1. The molecule has 0 spiro atoms. The Labute approximate surface area is 115 Å². The first-order valence-electron chi connectivity index (χ1n) is 5.27. The Morgan fingerprint density at radius 3 is 2.53 bits per heavy atom. The molecule has 1 unspecified atom stereocenters. The number of nitrogens with two attached hydrogens (primary N) is 1. The second kappa shape index (κ2) is 4.99. The van der Waals surface area contributed by atoms with Crippen molar-refractivity contribution < 1.29 is 0 Å². The van der Waals surface area contributed by atoms with Crippen molar-refractivity contribution in [1.29, 1.82) is 0 Å². The molecule has 2 aromatic rings. The van der Waals surface area contributed by atoms with Crippen molar-refractivity contribution in [3.63, 3.8) is 0 Å². The van der Waals surface area contributed by atoms with E-state index in [4.69, 9.17) is 28.9 Å². The van der Waals surface area contributed by atoms with Crippen molar-refractivity contribution >= 4 is 34.5 Å². The summed E-state index contributed by atoms with van der Waals surface area (Å²) in [5.41, 5.74) is 8.37. The third kappa shape index (κ3) is 2.50. The predicted molar refractivity (Wildman–Crippen MR) is 76.3 cm³/mol. The van der Waals surface area contributed by atoms with E-state index in [-0.39, 0.29) is 6.04 Å². The van der Waals surface area contributed by atoms with Crippen molar-refractivity contribution in [2.24, 2.45) is 5.73 Å². The van der Waals surface area contributed by atoms with Gasteiger partial charge in [-0.05, 0) is 37.1 Å². The van der Waals surface area contributed by atoms with Gasteiger partial charge in [0.15, 0.2) is 0 Å². The average molecular weight is 286 g/mol. The summed E-state index contributed by atoms with van der Waals surface area (Å²) in [6.45, 7) is 4.18. The second-order valence-corrected chi connectivity index (χ2v) is 6.08. The van der Waals surface area contributed by atoms with E-state index in [2.05, 4.69) is 19.9 Å². The molecule has 2 rings (SSSR count). The van der Waals surface area contributed by atoms with Gasteiger partial charge in [-0.2, -0.15) is 0 Å². The highest BCUT2D eigenvalue weighted by molar-refractivity contribution is 7.12. The summed E-state index contributed by atoms with van der Waals surface area (Å²) in [5.74, 6) is 0. The number of rotatable bonds is 2. The molecule has 0 amide bonds. The summed E-state index contributed by atoms with van der Waals surface area (Å²) in [6, 6.07) is 7.46. The zero-order valence-corrected chi connectivity index (χ0v) is 12.0. The van der Waals surface area contributed by atoms with Crippen LogP contribution in [0.15, 0.2) is 24.3 Å². The fourth-order valence-electron chi connectivity index (χ4n) is 1.67. The Morgan fingerprint density at radius 2 is 1.94 bits per heavy atom. The van der Waals surface area contributed by atoms with Gasteiger partial charge in [-0.15, -0.1) is 11.3 Å². The summed E-state index contributed by atoms with van der Waals surface area (Å²) in [6.07, 6.45) is 0. The maximum Gasteiger partial charge on any atom is 0.0661 e. The predicted octanol–water partition coefficient (Wildman–Crippen LogP) is 4.72. The average Bonchev–Trinajstić information content (AvgIpc) is 2.62. The lowest BCUT2D eigenvalue weighted by Gasteiger charge is -2.12. The molecule has 0 aliphatic rings. The Balaban J connectivity index is 2.43. The molecule has 1 aromatic carbocycles. The summed E-state index contributed by atoms with van der Waals surface area (Å²) < 4.78 is 0. The van der Waals surface area contributed by atoms with Gasteiger partial charge in [-0.25, -0.2) is 0 Å². The lowest BCUT2D eigenvalue weighted by Crippen LogP contribution is -2.10. The zero-order chi connectivity index (χ0) is 12.6. The Bertz CT molecular complexity index is 529. The maximum absolute atomic E-state index is 6.24. The number of halogens is 2. The van der Waals surface area contributed by atoms with Crippen LogP contribution in [0.5, 0.6) is 0 Å². The first kappa shape index (κ1) is 12.9. The molecule has 17 heavy (non-hydrogen) atoms. The fourth-order valence-corrected chi connectivity index (χ4v) is 3.16. The molecule has 0 saturated carbocycles. The molecule has 90 valence electrons. The van der Waals surface area contributed by atoms with Crippen molar-refractivity contribution in [2.45, 2.75) is 19.9 Å². The van der Waals surface area contributed by atoms with Crippen LogP contribution in [-0.4, -0.2) is 0 Å². The van der Waals surface area contributed by atoms with Crippen LogP contribution in [0, 0.1) is 13.8 Å². The largest absolute Gasteiger partial charge is 0.320 e. The van der Waals surface area contributed by atoms with Crippen LogP contribution in [0.4, 0.5) is 0 Å². The highest BCUT2D eigenvalue weighted by Crippen LogP contribution is 2.35. The molecule has 1 atom stereocenters. The van der Waals surface area contributed by atoms with Gasteiger partial charge in [-0.3, -0.25) is 0 Å². The molecule has 1 nitrogen and oxygen atoms in total. The molecule has 0 aliphatic carbocycles. The smallest absolute Gasteiger partial charge is 0.0661 e. The van der Waals surface area contributed by atoms with E-state index in [0.29, 0.717) is 10.0 Å². The normalized spacial score (nSPS) is 12.8. The Morgan fingerprint density at radius 1 is 1.24 bits per heavy atom. The van der Waals surface area contributed by atoms with Gasteiger partial charge >= 0.3 is 0 Å². The van der Waals surface area contributed by atoms with Gasteiger partial charge in [0.25, 0.3) is 0 Å². The fraction of sp³-hybridized carbons (Fsp3) is 0.231. The molecule has 1 heterocycles. The van der Waals surface area contributed by atoms with Crippen molar-refractivity contribution in [3.05, 3.63) is 55.2 Å². The van der Waals surface area contributed by atoms with Crippen LogP contribution in [0.3, 0.4) is 0 Å². The van der Waals surface area contributed by atoms with Gasteiger partial charge in [-0.1, -0.05) is 35.3 Å². The molecule has 0 fully saturated rings. The van der Waals surface area contributed by atoms with E-state index >= 15 is 0 Å². The molecule has 4 heteroatoms. The van der Waals surface area contributed by atoms with E-state index in [0.717, 1.165) is 10.4 Å². The zero-order valence-electron chi connectivity index (χ0n) is 9.63. The third-order valence-electron chi connectivity index (χ3n) is 2.81. The van der Waals surface area contributed by atoms with Crippen LogP contribution in [0.2, 0.25) is 10.0 Å². The third-order valence-corrected chi connectivity index (χ3v) is 4.88. The van der Waals surface area contributed by atoms with Crippen LogP contribution in [0.25, 0.3) is 0 Å². The van der Waals surface area contributed by atoms with Gasteiger partial charge in [0, 0.05) is 9.75 Å². The van der Waals surface area contributed by atoms with E-state index in [1.165, 1.54) is 10.4 Å².